The Morgan fingerprint density at radius 2 is 1.65 bits per heavy atom. The first-order chi connectivity index (χ1) is 9.36. The lowest BCUT2D eigenvalue weighted by molar-refractivity contribution is 0.590. The summed E-state index contributed by atoms with van der Waals surface area (Å²) >= 11 is 1.85. The van der Waals surface area contributed by atoms with Crippen molar-refractivity contribution in [2.75, 3.05) is 5.73 Å². The molecule has 0 saturated carbocycles. The van der Waals surface area contributed by atoms with Crippen LogP contribution in [0.25, 0.3) is 0 Å². The summed E-state index contributed by atoms with van der Waals surface area (Å²) in [6, 6.07) is 15.0. The first-order valence-corrected chi connectivity index (χ1v) is 7.93. The molecule has 0 radical (unpaired) electrons. The zero-order valence-corrected chi connectivity index (χ0v) is 13.6. The molecule has 20 heavy (non-hydrogen) atoms. The highest BCUT2D eigenvalue weighted by Gasteiger charge is 2.12. The van der Waals surface area contributed by atoms with Crippen LogP contribution in [0.2, 0.25) is 0 Å². The maximum Gasteiger partial charge on any atom is 0.0325 e. The van der Waals surface area contributed by atoms with E-state index < -0.39 is 0 Å². The lowest BCUT2D eigenvalue weighted by atomic mass is 9.87. The van der Waals surface area contributed by atoms with Gasteiger partial charge in [-0.3, -0.25) is 0 Å². The molecule has 2 aromatic carbocycles. The molecule has 1 nitrogen and oxygen atoms in total. The number of thioether (sulfide) groups is 1. The van der Waals surface area contributed by atoms with Gasteiger partial charge in [0.05, 0.1) is 0 Å². The Morgan fingerprint density at radius 3 is 2.25 bits per heavy atom. The summed E-state index contributed by atoms with van der Waals surface area (Å²) < 4.78 is 0. The number of nitrogens with two attached hydrogens (primary N) is 1. The topological polar surface area (TPSA) is 26.0 Å². The van der Waals surface area contributed by atoms with Gasteiger partial charge in [0.25, 0.3) is 0 Å². The van der Waals surface area contributed by atoms with E-state index in [2.05, 4.69) is 64.1 Å². The zero-order chi connectivity index (χ0) is 14.8. The van der Waals surface area contributed by atoms with E-state index in [-0.39, 0.29) is 5.41 Å². The molecule has 0 atom stereocenters. The van der Waals surface area contributed by atoms with Gasteiger partial charge in [0.15, 0.2) is 0 Å². The van der Waals surface area contributed by atoms with Gasteiger partial charge in [-0.05, 0) is 41.2 Å². The number of hydrogen-bond acceptors (Lipinski definition) is 2. The van der Waals surface area contributed by atoms with Crippen molar-refractivity contribution in [3.05, 3.63) is 59.2 Å². The molecule has 0 spiro atoms. The van der Waals surface area contributed by atoms with E-state index in [0.29, 0.717) is 0 Å². The number of aryl methyl sites for hydroxylation is 1. The molecule has 0 unspecified atom stereocenters. The number of benzene rings is 2. The third-order valence-electron chi connectivity index (χ3n) is 3.43. The molecule has 2 heteroatoms. The van der Waals surface area contributed by atoms with Crippen molar-refractivity contribution in [3.63, 3.8) is 0 Å². The van der Waals surface area contributed by atoms with Crippen molar-refractivity contribution in [2.24, 2.45) is 0 Å². The lowest BCUT2D eigenvalue weighted by Crippen LogP contribution is -2.10. The average Bonchev–Trinajstić information content (AvgIpc) is 2.39. The minimum atomic E-state index is 0.218. The molecule has 0 aromatic heterocycles. The van der Waals surface area contributed by atoms with Gasteiger partial charge >= 0.3 is 0 Å². The number of hydrogen-bond donors (Lipinski definition) is 1. The standard InChI is InChI=1S/C18H23NS/c1-13-5-10-16(19)11-17(13)20-12-14-6-8-15(9-7-14)18(2,3)4/h5-11H,12,19H2,1-4H3. The Hall–Kier alpha value is -1.41. The summed E-state index contributed by atoms with van der Waals surface area (Å²) in [4.78, 5) is 1.27. The summed E-state index contributed by atoms with van der Waals surface area (Å²) in [5.74, 6) is 0.981. The van der Waals surface area contributed by atoms with Crippen LogP contribution in [-0.2, 0) is 11.2 Å². The maximum absolute atomic E-state index is 5.85. The summed E-state index contributed by atoms with van der Waals surface area (Å²) in [5, 5.41) is 0. The molecule has 0 bridgehead atoms. The Balaban J connectivity index is 2.06. The second kappa shape index (κ2) is 5.92. The molecular weight excluding hydrogens is 262 g/mol. The van der Waals surface area contributed by atoms with E-state index >= 15 is 0 Å². The molecule has 2 rings (SSSR count). The summed E-state index contributed by atoms with van der Waals surface area (Å²) in [6.45, 7) is 8.86. The second-order valence-electron chi connectivity index (χ2n) is 6.26. The Labute approximate surface area is 126 Å². The van der Waals surface area contributed by atoms with E-state index in [1.807, 2.05) is 17.8 Å². The molecular formula is C18H23NS. The van der Waals surface area contributed by atoms with Crippen LogP contribution in [0.4, 0.5) is 5.69 Å². The van der Waals surface area contributed by atoms with Crippen LogP contribution in [0, 0.1) is 6.92 Å². The Kier molecular flexibility index (Phi) is 4.44. The van der Waals surface area contributed by atoms with Gasteiger partial charge in [-0.25, -0.2) is 0 Å². The van der Waals surface area contributed by atoms with Gasteiger partial charge in [-0.15, -0.1) is 11.8 Å². The number of nitrogen functional groups attached to an aromatic ring is 1. The highest BCUT2D eigenvalue weighted by molar-refractivity contribution is 7.98. The minimum Gasteiger partial charge on any atom is -0.399 e. The van der Waals surface area contributed by atoms with Crippen molar-refractivity contribution < 1.29 is 0 Å². The molecule has 2 N–H and O–H groups in total. The van der Waals surface area contributed by atoms with E-state index in [4.69, 9.17) is 5.73 Å². The van der Waals surface area contributed by atoms with Crippen molar-refractivity contribution in [3.8, 4) is 0 Å². The van der Waals surface area contributed by atoms with Crippen molar-refractivity contribution in [1.82, 2.24) is 0 Å². The smallest absolute Gasteiger partial charge is 0.0325 e. The fraction of sp³-hybridized carbons (Fsp3) is 0.333. The lowest BCUT2D eigenvalue weighted by Gasteiger charge is -2.19. The first-order valence-electron chi connectivity index (χ1n) is 6.94. The molecule has 2 aromatic rings. The van der Waals surface area contributed by atoms with Crippen LogP contribution in [0.1, 0.15) is 37.5 Å². The SMILES string of the molecule is Cc1ccc(N)cc1SCc1ccc(C(C)(C)C)cc1. The molecule has 0 aliphatic carbocycles. The average molecular weight is 285 g/mol. The molecule has 0 fully saturated rings. The highest BCUT2D eigenvalue weighted by atomic mass is 32.2. The Morgan fingerprint density at radius 1 is 1.00 bits per heavy atom. The van der Waals surface area contributed by atoms with Gasteiger partial charge in [0, 0.05) is 16.3 Å². The predicted molar refractivity (Wildman–Crippen MR) is 90.3 cm³/mol. The van der Waals surface area contributed by atoms with Crippen LogP contribution in [-0.4, -0.2) is 0 Å². The van der Waals surface area contributed by atoms with Gasteiger partial charge < -0.3 is 5.73 Å². The van der Waals surface area contributed by atoms with Gasteiger partial charge in [-0.1, -0.05) is 51.1 Å². The monoisotopic (exact) mass is 285 g/mol. The van der Waals surface area contributed by atoms with Crippen molar-refractivity contribution in [2.45, 2.75) is 43.8 Å². The molecule has 106 valence electrons. The molecule has 0 amide bonds. The normalized spacial score (nSPS) is 11.6. The quantitative estimate of drug-likeness (QED) is 0.622. The third kappa shape index (κ3) is 3.80. The van der Waals surface area contributed by atoms with E-state index in [0.717, 1.165) is 11.4 Å². The first kappa shape index (κ1) is 15.0. The predicted octanol–water partition coefficient (Wildman–Crippen LogP) is 5.17. The Bertz CT molecular complexity index is 579. The van der Waals surface area contributed by atoms with Crippen LogP contribution in [0.5, 0.6) is 0 Å². The van der Waals surface area contributed by atoms with Gasteiger partial charge in [-0.2, -0.15) is 0 Å². The number of anilines is 1. The molecule has 0 aliphatic heterocycles. The largest absolute Gasteiger partial charge is 0.399 e. The zero-order valence-electron chi connectivity index (χ0n) is 12.7. The summed E-state index contributed by atoms with van der Waals surface area (Å²) in [7, 11) is 0. The fourth-order valence-electron chi connectivity index (χ4n) is 2.03. The maximum atomic E-state index is 5.85. The molecule has 0 aliphatic rings. The van der Waals surface area contributed by atoms with Crippen molar-refractivity contribution in [1.29, 1.82) is 0 Å². The van der Waals surface area contributed by atoms with Crippen LogP contribution in [0.15, 0.2) is 47.4 Å². The van der Waals surface area contributed by atoms with E-state index in [9.17, 15) is 0 Å². The summed E-state index contributed by atoms with van der Waals surface area (Å²) in [6.07, 6.45) is 0. The van der Waals surface area contributed by atoms with Gasteiger partial charge in [0.2, 0.25) is 0 Å². The van der Waals surface area contributed by atoms with Crippen LogP contribution in [0.3, 0.4) is 0 Å². The van der Waals surface area contributed by atoms with E-state index in [1.54, 1.807) is 0 Å². The van der Waals surface area contributed by atoms with Gasteiger partial charge in [0.1, 0.15) is 0 Å². The van der Waals surface area contributed by atoms with Crippen LogP contribution >= 0.6 is 11.8 Å². The van der Waals surface area contributed by atoms with E-state index in [1.165, 1.54) is 21.6 Å². The highest BCUT2D eigenvalue weighted by Crippen LogP contribution is 2.29. The molecule has 0 heterocycles. The fourth-order valence-corrected chi connectivity index (χ4v) is 3.06. The molecule has 0 saturated heterocycles. The summed E-state index contributed by atoms with van der Waals surface area (Å²) in [5.41, 5.74) is 10.9. The third-order valence-corrected chi connectivity index (χ3v) is 4.66. The second-order valence-corrected chi connectivity index (χ2v) is 7.28. The van der Waals surface area contributed by atoms with Crippen LogP contribution < -0.4 is 5.73 Å². The minimum absolute atomic E-state index is 0.218. The van der Waals surface area contributed by atoms with Crippen molar-refractivity contribution >= 4 is 17.4 Å². The number of rotatable bonds is 3.